The molecule has 1 spiro atoms. The fourth-order valence-electron chi connectivity index (χ4n) is 3.98. The van der Waals surface area contributed by atoms with Crippen molar-refractivity contribution in [1.29, 1.82) is 0 Å². The molecule has 3 fully saturated rings. The van der Waals surface area contributed by atoms with Gasteiger partial charge in [-0.25, -0.2) is 0 Å². The smallest absolute Gasteiger partial charge is 0.253 e. The van der Waals surface area contributed by atoms with Crippen molar-refractivity contribution in [3.63, 3.8) is 0 Å². The number of anilines is 1. The van der Waals surface area contributed by atoms with E-state index in [2.05, 4.69) is 4.90 Å². The molecule has 0 radical (unpaired) electrons. The minimum atomic E-state index is -0.479. The number of rotatable bonds is 3. The van der Waals surface area contributed by atoms with Crippen LogP contribution in [0.15, 0.2) is 23.0 Å². The lowest BCUT2D eigenvalue weighted by molar-refractivity contribution is -0.146. The van der Waals surface area contributed by atoms with Crippen molar-refractivity contribution in [3.8, 4) is 0 Å². The van der Waals surface area contributed by atoms with Crippen LogP contribution in [0.1, 0.15) is 12.8 Å². The lowest BCUT2D eigenvalue weighted by atomic mass is 9.97. The second-order valence-corrected chi connectivity index (χ2v) is 7.28. The van der Waals surface area contributed by atoms with Gasteiger partial charge in [0.25, 0.3) is 5.91 Å². The van der Waals surface area contributed by atoms with Crippen molar-refractivity contribution in [2.75, 3.05) is 64.1 Å². The van der Waals surface area contributed by atoms with Crippen LogP contribution in [0.25, 0.3) is 0 Å². The van der Waals surface area contributed by atoms with E-state index >= 15 is 0 Å². The second kappa shape index (κ2) is 7.45. The lowest BCUT2D eigenvalue weighted by Crippen LogP contribution is -2.61. The van der Waals surface area contributed by atoms with Crippen LogP contribution in [-0.4, -0.2) is 75.6 Å². The van der Waals surface area contributed by atoms with Gasteiger partial charge in [0.2, 0.25) is 0 Å². The third-order valence-electron chi connectivity index (χ3n) is 5.35. The summed E-state index contributed by atoms with van der Waals surface area (Å²) in [6.45, 7) is 6.24. The molecule has 1 atom stereocenters. The van der Waals surface area contributed by atoms with Crippen LogP contribution >= 0.6 is 0 Å². The van der Waals surface area contributed by atoms with E-state index in [-0.39, 0.29) is 12.5 Å². The van der Waals surface area contributed by atoms with E-state index in [9.17, 15) is 4.79 Å². The highest BCUT2D eigenvalue weighted by Gasteiger charge is 2.43. The molecule has 0 bridgehead atoms. The molecule has 0 N–H and O–H groups in total. The molecular formula is C18H26N2O5. The van der Waals surface area contributed by atoms with Crippen LogP contribution in [0.5, 0.6) is 0 Å². The average Bonchev–Trinajstić information content (AvgIpc) is 3.09. The summed E-state index contributed by atoms with van der Waals surface area (Å²) < 4.78 is 22.5. The van der Waals surface area contributed by atoms with Gasteiger partial charge in [0.1, 0.15) is 18.5 Å². The van der Waals surface area contributed by atoms with Crippen molar-refractivity contribution < 1.29 is 23.4 Å². The maximum absolute atomic E-state index is 12.3. The van der Waals surface area contributed by atoms with Gasteiger partial charge in [-0.15, -0.1) is 0 Å². The molecular weight excluding hydrogens is 324 g/mol. The summed E-state index contributed by atoms with van der Waals surface area (Å²) in [7, 11) is 0. The standard InChI is InChI=1S/C18H26N2O5/c21-17-11-25-18(13-20(17)16-3-7-23-10-16)12-19(4-8-24-14-18)9-15-1-5-22-6-2-15/h3,7,10,15H,1-2,4-6,8-9,11-14H2/t18-/m0/s1. The summed E-state index contributed by atoms with van der Waals surface area (Å²) in [5, 5.41) is 0. The molecule has 7 nitrogen and oxygen atoms in total. The Morgan fingerprint density at radius 3 is 2.84 bits per heavy atom. The Bertz CT molecular complexity index is 572. The van der Waals surface area contributed by atoms with Gasteiger partial charge in [-0.1, -0.05) is 0 Å². The Morgan fingerprint density at radius 1 is 1.16 bits per heavy atom. The first-order valence-electron chi connectivity index (χ1n) is 9.08. The average molecular weight is 350 g/mol. The molecule has 0 saturated carbocycles. The van der Waals surface area contributed by atoms with E-state index < -0.39 is 5.60 Å². The maximum atomic E-state index is 12.3. The third-order valence-corrected chi connectivity index (χ3v) is 5.35. The van der Waals surface area contributed by atoms with Crippen LogP contribution in [0, 0.1) is 5.92 Å². The Kier molecular flexibility index (Phi) is 5.08. The van der Waals surface area contributed by atoms with Crippen molar-refractivity contribution in [1.82, 2.24) is 4.90 Å². The molecule has 4 heterocycles. The zero-order chi connectivity index (χ0) is 17.1. The molecule has 1 aromatic heterocycles. The summed E-state index contributed by atoms with van der Waals surface area (Å²) in [5.74, 6) is 0.631. The molecule has 3 aliphatic heterocycles. The van der Waals surface area contributed by atoms with E-state index in [1.807, 2.05) is 6.07 Å². The predicted molar refractivity (Wildman–Crippen MR) is 90.5 cm³/mol. The van der Waals surface area contributed by atoms with Gasteiger partial charge in [-0.05, 0) is 18.8 Å². The Balaban J connectivity index is 1.46. The summed E-state index contributed by atoms with van der Waals surface area (Å²) in [5.41, 5.74) is 0.306. The van der Waals surface area contributed by atoms with E-state index in [0.717, 1.165) is 51.4 Å². The predicted octanol–water partition coefficient (Wildman–Crippen LogP) is 1.14. The second-order valence-electron chi connectivity index (χ2n) is 7.28. The number of hydrogen-bond donors (Lipinski definition) is 0. The number of hydrogen-bond acceptors (Lipinski definition) is 6. The van der Waals surface area contributed by atoms with Gasteiger partial charge in [0.15, 0.2) is 0 Å². The molecule has 25 heavy (non-hydrogen) atoms. The fourth-order valence-corrected chi connectivity index (χ4v) is 3.98. The van der Waals surface area contributed by atoms with E-state index in [1.165, 1.54) is 0 Å². The van der Waals surface area contributed by atoms with Crippen molar-refractivity contribution >= 4 is 11.6 Å². The van der Waals surface area contributed by atoms with E-state index in [0.29, 0.717) is 25.7 Å². The van der Waals surface area contributed by atoms with Gasteiger partial charge in [0, 0.05) is 38.9 Å². The summed E-state index contributed by atoms with van der Waals surface area (Å²) in [6.07, 6.45) is 5.43. The van der Waals surface area contributed by atoms with Crippen molar-refractivity contribution in [3.05, 3.63) is 18.6 Å². The highest BCUT2D eigenvalue weighted by Crippen LogP contribution is 2.28. The summed E-state index contributed by atoms with van der Waals surface area (Å²) >= 11 is 0. The fraction of sp³-hybridized carbons (Fsp3) is 0.722. The zero-order valence-electron chi connectivity index (χ0n) is 14.5. The first-order valence-corrected chi connectivity index (χ1v) is 9.08. The van der Waals surface area contributed by atoms with Crippen molar-refractivity contribution in [2.45, 2.75) is 18.4 Å². The normalized spacial score (nSPS) is 29.9. The lowest BCUT2D eigenvalue weighted by Gasteiger charge is -2.43. The number of ether oxygens (including phenoxy) is 3. The van der Waals surface area contributed by atoms with Crippen molar-refractivity contribution in [2.24, 2.45) is 5.92 Å². The molecule has 0 aliphatic carbocycles. The highest BCUT2D eigenvalue weighted by atomic mass is 16.6. The number of amides is 1. The molecule has 1 aromatic rings. The van der Waals surface area contributed by atoms with Crippen LogP contribution in [0.2, 0.25) is 0 Å². The highest BCUT2D eigenvalue weighted by molar-refractivity contribution is 5.95. The maximum Gasteiger partial charge on any atom is 0.253 e. The molecule has 3 aliphatic rings. The minimum Gasteiger partial charge on any atom is -0.470 e. The number of carbonyl (C=O) groups excluding carboxylic acids is 1. The van der Waals surface area contributed by atoms with Gasteiger partial charge >= 0.3 is 0 Å². The van der Waals surface area contributed by atoms with Gasteiger partial charge in [0.05, 0.1) is 31.7 Å². The van der Waals surface area contributed by atoms with Crippen LogP contribution < -0.4 is 4.90 Å². The molecule has 4 rings (SSSR count). The van der Waals surface area contributed by atoms with Gasteiger partial charge in [-0.2, -0.15) is 0 Å². The van der Waals surface area contributed by atoms with Crippen LogP contribution in [0.4, 0.5) is 5.69 Å². The number of furan rings is 1. The number of morpholine rings is 1. The Morgan fingerprint density at radius 2 is 2.04 bits per heavy atom. The summed E-state index contributed by atoms with van der Waals surface area (Å²) in [4.78, 5) is 16.5. The Labute approximate surface area is 147 Å². The van der Waals surface area contributed by atoms with Crippen LogP contribution in [0.3, 0.4) is 0 Å². The van der Waals surface area contributed by atoms with Gasteiger partial charge < -0.3 is 23.5 Å². The largest absolute Gasteiger partial charge is 0.470 e. The first-order chi connectivity index (χ1) is 12.2. The molecule has 0 aromatic carbocycles. The molecule has 1 amide bonds. The quantitative estimate of drug-likeness (QED) is 0.815. The monoisotopic (exact) mass is 350 g/mol. The minimum absolute atomic E-state index is 0.0350. The van der Waals surface area contributed by atoms with E-state index in [4.69, 9.17) is 18.6 Å². The first kappa shape index (κ1) is 17.0. The number of nitrogens with zero attached hydrogens (tertiary/aromatic N) is 2. The van der Waals surface area contributed by atoms with Crippen LogP contribution in [-0.2, 0) is 19.0 Å². The zero-order valence-corrected chi connectivity index (χ0v) is 14.5. The summed E-state index contributed by atoms with van der Waals surface area (Å²) in [6, 6.07) is 1.81. The Hall–Kier alpha value is -1.41. The SMILES string of the molecule is O=C1CO[C@]2(COCCN(CC3CCOCC3)C2)CN1c1ccoc1. The molecule has 3 saturated heterocycles. The van der Waals surface area contributed by atoms with Gasteiger partial charge in [-0.3, -0.25) is 9.69 Å². The molecule has 7 heteroatoms. The molecule has 138 valence electrons. The number of carbonyl (C=O) groups is 1. The van der Waals surface area contributed by atoms with E-state index in [1.54, 1.807) is 17.4 Å². The molecule has 0 unspecified atom stereocenters. The topological polar surface area (TPSA) is 64.4 Å². The third kappa shape index (κ3) is 3.89.